The molecule has 0 aromatic heterocycles. The molecule has 0 bridgehead atoms. The van der Waals surface area contributed by atoms with E-state index >= 15 is 0 Å². The van der Waals surface area contributed by atoms with Gasteiger partial charge in [-0.3, -0.25) is 4.79 Å². The summed E-state index contributed by atoms with van der Waals surface area (Å²) in [5.41, 5.74) is 1.22. The molecule has 1 amide bonds. The molecule has 0 aliphatic heterocycles. The minimum absolute atomic E-state index is 0.213. The van der Waals surface area contributed by atoms with Crippen LogP contribution >= 0.6 is 92.2 Å². The minimum atomic E-state index is -1.81. The molecule has 1 atom stereocenters. The lowest BCUT2D eigenvalue weighted by Gasteiger charge is -2.27. The lowest BCUT2D eigenvalue weighted by atomic mass is 10.2. The van der Waals surface area contributed by atoms with E-state index < -0.39 is 9.96 Å². The quantitative estimate of drug-likeness (QED) is 0.181. The van der Waals surface area contributed by atoms with Crippen molar-refractivity contribution in [2.45, 2.75) is 9.96 Å². The molecule has 0 saturated heterocycles. The molecule has 0 aliphatic carbocycles. The number of carbonyl (C=O) groups excluding carboxylic acids is 1. The topological polar surface area (TPSA) is 53.2 Å². The lowest BCUT2D eigenvalue weighted by Crippen LogP contribution is -2.56. The Kier molecular flexibility index (Phi) is 8.48. The second kappa shape index (κ2) is 9.92. The van der Waals surface area contributed by atoms with Crippen molar-refractivity contribution in [1.29, 1.82) is 0 Å². The fourth-order valence-electron chi connectivity index (χ4n) is 1.85. The van der Waals surface area contributed by atoms with Crippen molar-refractivity contribution >= 4 is 109 Å². The number of thiocarbonyl (C=S) groups is 1. The Morgan fingerprint density at radius 1 is 0.923 bits per heavy atom. The zero-order chi connectivity index (χ0) is 19.3. The van der Waals surface area contributed by atoms with Crippen molar-refractivity contribution in [3.63, 3.8) is 0 Å². The van der Waals surface area contributed by atoms with Crippen LogP contribution in [0.4, 0.5) is 5.69 Å². The fraction of sp³-hybridized carbons (Fsp3) is 0.125. The summed E-state index contributed by atoms with van der Waals surface area (Å²) in [6.45, 7) is 0. The monoisotopic (exact) mass is 653 g/mol. The fourth-order valence-corrected chi connectivity index (χ4v) is 3.13. The van der Waals surface area contributed by atoms with Crippen LogP contribution in [0.15, 0.2) is 48.5 Å². The number of amides is 1. The van der Waals surface area contributed by atoms with Crippen molar-refractivity contribution in [3.8, 4) is 0 Å². The third-order valence-electron chi connectivity index (χ3n) is 3.09. The van der Waals surface area contributed by atoms with Crippen LogP contribution in [-0.4, -0.2) is 21.0 Å². The number of anilines is 1. The maximum atomic E-state index is 12.4. The van der Waals surface area contributed by atoms with Crippen molar-refractivity contribution < 1.29 is 4.79 Å². The highest BCUT2D eigenvalue weighted by molar-refractivity contribution is 14.1. The number of benzene rings is 2. The van der Waals surface area contributed by atoms with Gasteiger partial charge >= 0.3 is 0 Å². The Labute approximate surface area is 199 Å². The molecule has 0 fully saturated rings. The van der Waals surface area contributed by atoms with E-state index in [-0.39, 0.29) is 11.0 Å². The SMILES string of the molecule is O=C(N[C@@H](NC(=S)Nc1ccc(I)cc1)C(Cl)(Cl)Cl)c1ccc(I)cc1. The number of alkyl halides is 3. The number of hydrogen-bond donors (Lipinski definition) is 3. The van der Waals surface area contributed by atoms with Gasteiger partial charge in [0.15, 0.2) is 5.11 Å². The smallest absolute Gasteiger partial charge is 0.252 e. The van der Waals surface area contributed by atoms with Crippen LogP contribution in [0, 0.1) is 7.14 Å². The standard InChI is InChI=1S/C16H12Cl3I2N3OS/c17-16(18,19)14(23-13(25)9-1-3-10(20)4-2-9)24-15(26)22-12-7-5-11(21)6-8-12/h1-8,14H,(H,23,25)(H2,22,24,26)/t14-/m0/s1. The summed E-state index contributed by atoms with van der Waals surface area (Å²) in [6, 6.07) is 14.6. The largest absolute Gasteiger partial charge is 0.339 e. The Morgan fingerprint density at radius 2 is 1.42 bits per heavy atom. The van der Waals surface area contributed by atoms with Gasteiger partial charge in [0, 0.05) is 18.4 Å². The second-order valence-electron chi connectivity index (χ2n) is 5.06. The number of hydrogen-bond acceptors (Lipinski definition) is 2. The Balaban J connectivity index is 2.04. The lowest BCUT2D eigenvalue weighted by molar-refractivity contribution is 0.0934. The van der Waals surface area contributed by atoms with Gasteiger partial charge in [-0.2, -0.15) is 0 Å². The van der Waals surface area contributed by atoms with Crippen molar-refractivity contribution in [2.24, 2.45) is 0 Å². The number of halogens is 5. The highest BCUT2D eigenvalue weighted by Crippen LogP contribution is 2.29. The molecule has 26 heavy (non-hydrogen) atoms. The predicted octanol–water partition coefficient (Wildman–Crippen LogP) is 5.31. The van der Waals surface area contributed by atoms with Crippen LogP contribution in [0.1, 0.15) is 10.4 Å². The molecule has 10 heteroatoms. The first kappa shape index (κ1) is 22.2. The van der Waals surface area contributed by atoms with E-state index in [1.165, 1.54) is 0 Å². The first-order valence-electron chi connectivity index (χ1n) is 7.11. The van der Waals surface area contributed by atoms with Crippen molar-refractivity contribution in [1.82, 2.24) is 10.6 Å². The molecule has 4 nitrogen and oxygen atoms in total. The van der Waals surface area contributed by atoms with Gasteiger partial charge in [0.25, 0.3) is 5.91 Å². The average molecular weight is 655 g/mol. The van der Waals surface area contributed by atoms with Gasteiger partial charge < -0.3 is 16.0 Å². The first-order valence-corrected chi connectivity index (χ1v) is 10.8. The molecule has 0 radical (unpaired) electrons. The third-order valence-corrected chi connectivity index (χ3v) is 5.40. The van der Waals surface area contributed by atoms with Crippen molar-refractivity contribution in [3.05, 3.63) is 61.2 Å². The van der Waals surface area contributed by atoms with Crippen LogP contribution in [0.5, 0.6) is 0 Å². The number of rotatable bonds is 4. The first-order chi connectivity index (χ1) is 12.1. The van der Waals surface area contributed by atoms with E-state index in [0.29, 0.717) is 5.56 Å². The van der Waals surface area contributed by atoms with Gasteiger partial charge in [0.2, 0.25) is 3.79 Å². The summed E-state index contributed by atoms with van der Waals surface area (Å²) in [4.78, 5) is 12.4. The minimum Gasteiger partial charge on any atom is -0.339 e. The summed E-state index contributed by atoms with van der Waals surface area (Å²) in [5, 5.41) is 8.66. The molecule has 2 aromatic rings. The maximum Gasteiger partial charge on any atom is 0.252 e. The second-order valence-corrected chi connectivity index (χ2v) is 10.3. The molecule has 2 rings (SSSR count). The molecule has 138 valence electrons. The summed E-state index contributed by atoms with van der Waals surface area (Å²) in [6.07, 6.45) is -1.02. The van der Waals surface area contributed by atoms with Gasteiger partial charge in [0.05, 0.1) is 0 Å². The number of nitrogens with one attached hydrogen (secondary N) is 3. The molecular formula is C16H12Cl3I2N3OS. The summed E-state index contributed by atoms with van der Waals surface area (Å²) in [7, 11) is 0. The third kappa shape index (κ3) is 7.16. The van der Waals surface area contributed by atoms with E-state index in [1.807, 2.05) is 36.4 Å². The number of carbonyl (C=O) groups is 1. The van der Waals surface area contributed by atoms with Crippen molar-refractivity contribution in [2.75, 3.05) is 5.32 Å². The van der Waals surface area contributed by atoms with E-state index in [0.717, 1.165) is 12.8 Å². The average Bonchev–Trinajstić information content (AvgIpc) is 2.56. The highest BCUT2D eigenvalue weighted by Gasteiger charge is 2.34. The van der Waals surface area contributed by atoms with E-state index in [9.17, 15) is 4.79 Å². The molecule has 0 saturated carbocycles. The zero-order valence-corrected chi connectivity index (χ0v) is 20.3. The van der Waals surface area contributed by atoms with Crippen LogP contribution in [0.25, 0.3) is 0 Å². The van der Waals surface area contributed by atoms with Crippen LogP contribution < -0.4 is 16.0 Å². The van der Waals surface area contributed by atoms with Crippen LogP contribution in [0.2, 0.25) is 0 Å². The highest BCUT2D eigenvalue weighted by atomic mass is 127. The van der Waals surface area contributed by atoms with Crippen LogP contribution in [-0.2, 0) is 0 Å². The molecule has 2 aromatic carbocycles. The normalized spacial score (nSPS) is 12.2. The van der Waals surface area contributed by atoms with Gasteiger partial charge in [-0.1, -0.05) is 34.8 Å². The molecule has 3 N–H and O–H groups in total. The molecule has 0 spiro atoms. The zero-order valence-electron chi connectivity index (χ0n) is 12.9. The Hall–Kier alpha value is -0.0700. The van der Waals surface area contributed by atoms with Gasteiger partial charge in [-0.15, -0.1) is 0 Å². The molecular weight excluding hydrogens is 642 g/mol. The van der Waals surface area contributed by atoms with E-state index in [2.05, 4.69) is 61.1 Å². The molecule has 0 aliphatic rings. The summed E-state index contributed by atoms with van der Waals surface area (Å²) in [5.74, 6) is -0.387. The summed E-state index contributed by atoms with van der Waals surface area (Å²) >= 11 is 27.6. The Bertz CT molecular complexity index is 783. The van der Waals surface area contributed by atoms with Gasteiger partial charge in [-0.25, -0.2) is 0 Å². The van der Waals surface area contributed by atoms with Gasteiger partial charge in [0.1, 0.15) is 6.17 Å². The van der Waals surface area contributed by atoms with Crippen LogP contribution in [0.3, 0.4) is 0 Å². The van der Waals surface area contributed by atoms with E-state index in [1.54, 1.807) is 12.1 Å². The molecule has 0 heterocycles. The molecule has 0 unspecified atom stereocenters. The predicted molar refractivity (Wildman–Crippen MR) is 129 cm³/mol. The van der Waals surface area contributed by atoms with Gasteiger partial charge in [-0.05, 0) is 106 Å². The summed E-state index contributed by atoms with van der Waals surface area (Å²) < 4.78 is 0.297. The van der Waals surface area contributed by atoms with E-state index in [4.69, 9.17) is 47.0 Å². The maximum absolute atomic E-state index is 12.4. The Morgan fingerprint density at radius 3 is 1.92 bits per heavy atom.